The third kappa shape index (κ3) is 1.53. The van der Waals surface area contributed by atoms with E-state index in [0.717, 1.165) is 6.07 Å². The average molecular weight is 286 g/mol. The Bertz CT molecular complexity index is 835. The number of phenolic OH excluding ortho intramolecular Hbond substituents is 4. The first kappa shape index (κ1) is 13.0. The second kappa shape index (κ2) is 3.99. The van der Waals surface area contributed by atoms with Crippen LogP contribution in [0.15, 0.2) is 18.2 Å². The molecule has 106 valence electrons. The van der Waals surface area contributed by atoms with Crippen molar-refractivity contribution in [3.8, 4) is 23.0 Å². The number of ketones is 2. The highest BCUT2D eigenvalue weighted by molar-refractivity contribution is 6.30. The fraction of sp³-hybridized carbons (Fsp3) is 0.0667. The van der Waals surface area contributed by atoms with E-state index < -0.39 is 34.4 Å². The molecule has 0 unspecified atom stereocenters. The van der Waals surface area contributed by atoms with Crippen molar-refractivity contribution in [1.82, 2.24) is 0 Å². The van der Waals surface area contributed by atoms with Gasteiger partial charge in [-0.3, -0.25) is 9.59 Å². The summed E-state index contributed by atoms with van der Waals surface area (Å²) in [7, 11) is 0. The van der Waals surface area contributed by atoms with E-state index in [1.165, 1.54) is 12.1 Å². The molecule has 1 aliphatic carbocycles. The average Bonchev–Trinajstić information content (AvgIpc) is 2.44. The van der Waals surface area contributed by atoms with Gasteiger partial charge in [0.2, 0.25) is 11.5 Å². The first-order valence-corrected chi connectivity index (χ1v) is 6.04. The van der Waals surface area contributed by atoms with E-state index in [0.29, 0.717) is 5.56 Å². The Hall–Kier alpha value is -3.02. The summed E-state index contributed by atoms with van der Waals surface area (Å²) in [6.45, 7) is 1.57. The van der Waals surface area contributed by atoms with Crippen molar-refractivity contribution >= 4 is 11.6 Å². The number of carbonyl (C=O) groups excluding carboxylic acids is 2. The second-order valence-electron chi connectivity index (χ2n) is 4.83. The lowest BCUT2D eigenvalue weighted by atomic mass is 9.82. The van der Waals surface area contributed by atoms with Crippen molar-refractivity contribution in [3.05, 3.63) is 46.0 Å². The predicted octanol–water partition coefficient (Wildman–Crippen LogP) is 1.59. The molecule has 0 aliphatic heterocycles. The summed E-state index contributed by atoms with van der Waals surface area (Å²) in [5, 5.41) is 38.8. The molecule has 0 aromatic heterocycles. The second-order valence-corrected chi connectivity index (χ2v) is 4.83. The topological polar surface area (TPSA) is 115 Å². The number of phenols is 4. The molecule has 0 heterocycles. The van der Waals surface area contributed by atoms with Crippen LogP contribution in [0.3, 0.4) is 0 Å². The molecule has 0 radical (unpaired) electrons. The Labute approximate surface area is 118 Å². The number of aryl methyl sites for hydroxylation is 1. The van der Waals surface area contributed by atoms with Gasteiger partial charge >= 0.3 is 0 Å². The monoisotopic (exact) mass is 286 g/mol. The number of fused-ring (bicyclic) bond motifs is 2. The third-order valence-electron chi connectivity index (χ3n) is 3.58. The Kier molecular flexibility index (Phi) is 2.47. The van der Waals surface area contributed by atoms with Crippen molar-refractivity contribution in [1.29, 1.82) is 0 Å². The highest BCUT2D eigenvalue weighted by Gasteiger charge is 2.36. The Morgan fingerprint density at radius 3 is 2.05 bits per heavy atom. The zero-order chi connectivity index (χ0) is 15.5. The van der Waals surface area contributed by atoms with Crippen LogP contribution in [0, 0.1) is 6.92 Å². The summed E-state index contributed by atoms with van der Waals surface area (Å²) in [6, 6.07) is 3.81. The van der Waals surface area contributed by atoms with Crippen LogP contribution in [-0.4, -0.2) is 32.0 Å². The quantitative estimate of drug-likeness (QED) is 0.466. The third-order valence-corrected chi connectivity index (χ3v) is 3.58. The fourth-order valence-corrected chi connectivity index (χ4v) is 2.44. The van der Waals surface area contributed by atoms with E-state index in [4.69, 9.17) is 0 Å². The standard InChI is InChI=1S/C15H10O6/c1-5-2-3-6-9(11(5)17)14(20)10-7(12(6)18)4-8(16)13(19)15(10)21/h2-4,16-17,19,21H,1H3. The van der Waals surface area contributed by atoms with Crippen LogP contribution < -0.4 is 0 Å². The number of carbonyl (C=O) groups is 2. The van der Waals surface area contributed by atoms with Crippen LogP contribution in [0.25, 0.3) is 0 Å². The van der Waals surface area contributed by atoms with Gasteiger partial charge in [0, 0.05) is 11.1 Å². The number of hydrogen-bond donors (Lipinski definition) is 4. The molecule has 0 fully saturated rings. The summed E-state index contributed by atoms with van der Waals surface area (Å²) >= 11 is 0. The number of benzene rings is 2. The smallest absolute Gasteiger partial charge is 0.202 e. The van der Waals surface area contributed by atoms with E-state index in [-0.39, 0.29) is 22.4 Å². The van der Waals surface area contributed by atoms with Crippen molar-refractivity contribution in [2.45, 2.75) is 6.92 Å². The largest absolute Gasteiger partial charge is 0.507 e. The summed E-state index contributed by atoms with van der Waals surface area (Å²) in [4.78, 5) is 24.8. The summed E-state index contributed by atoms with van der Waals surface area (Å²) in [5.41, 5.74) is -0.471. The van der Waals surface area contributed by atoms with Crippen LogP contribution in [0.2, 0.25) is 0 Å². The molecular formula is C15H10O6. The maximum Gasteiger partial charge on any atom is 0.202 e. The SMILES string of the molecule is Cc1ccc2c(c1O)C(=O)c1c(cc(O)c(O)c1O)C2=O. The van der Waals surface area contributed by atoms with Crippen LogP contribution in [0.1, 0.15) is 37.4 Å². The van der Waals surface area contributed by atoms with Crippen LogP contribution in [0.4, 0.5) is 0 Å². The minimum atomic E-state index is -0.884. The van der Waals surface area contributed by atoms with Gasteiger partial charge in [0.15, 0.2) is 17.3 Å². The lowest BCUT2D eigenvalue weighted by molar-refractivity contribution is 0.0973. The molecule has 0 bridgehead atoms. The molecule has 0 atom stereocenters. The minimum Gasteiger partial charge on any atom is -0.507 e. The maximum absolute atomic E-state index is 12.4. The van der Waals surface area contributed by atoms with Crippen molar-refractivity contribution in [2.24, 2.45) is 0 Å². The normalized spacial score (nSPS) is 13.0. The molecule has 1 aliphatic rings. The molecule has 0 amide bonds. The van der Waals surface area contributed by atoms with Gasteiger partial charge in [0.25, 0.3) is 0 Å². The van der Waals surface area contributed by atoms with E-state index in [2.05, 4.69) is 0 Å². The lowest BCUT2D eigenvalue weighted by Crippen LogP contribution is -2.21. The van der Waals surface area contributed by atoms with Crippen LogP contribution in [0.5, 0.6) is 23.0 Å². The maximum atomic E-state index is 12.4. The molecule has 3 rings (SSSR count). The van der Waals surface area contributed by atoms with Gasteiger partial charge < -0.3 is 20.4 Å². The summed E-state index contributed by atoms with van der Waals surface area (Å²) < 4.78 is 0. The molecule has 2 aromatic carbocycles. The Morgan fingerprint density at radius 1 is 0.762 bits per heavy atom. The number of hydrogen-bond acceptors (Lipinski definition) is 6. The van der Waals surface area contributed by atoms with Crippen molar-refractivity contribution in [2.75, 3.05) is 0 Å². The van der Waals surface area contributed by atoms with E-state index in [9.17, 15) is 30.0 Å². The molecule has 21 heavy (non-hydrogen) atoms. The van der Waals surface area contributed by atoms with Crippen LogP contribution in [-0.2, 0) is 0 Å². The van der Waals surface area contributed by atoms with Gasteiger partial charge in [-0.25, -0.2) is 0 Å². The molecule has 0 spiro atoms. The molecule has 6 heteroatoms. The molecule has 6 nitrogen and oxygen atoms in total. The zero-order valence-corrected chi connectivity index (χ0v) is 10.8. The van der Waals surface area contributed by atoms with Crippen molar-refractivity contribution in [3.63, 3.8) is 0 Å². The Balaban J connectivity index is 2.42. The van der Waals surface area contributed by atoms with Gasteiger partial charge in [0.1, 0.15) is 5.75 Å². The first-order valence-electron chi connectivity index (χ1n) is 6.04. The fourth-order valence-electron chi connectivity index (χ4n) is 2.44. The molecule has 0 saturated carbocycles. The number of rotatable bonds is 0. The van der Waals surface area contributed by atoms with Crippen molar-refractivity contribution < 1.29 is 30.0 Å². The highest BCUT2D eigenvalue weighted by atomic mass is 16.3. The van der Waals surface area contributed by atoms with Crippen LogP contribution >= 0.6 is 0 Å². The van der Waals surface area contributed by atoms with E-state index in [1.807, 2.05) is 0 Å². The van der Waals surface area contributed by atoms with E-state index in [1.54, 1.807) is 6.92 Å². The van der Waals surface area contributed by atoms with Gasteiger partial charge in [-0.15, -0.1) is 0 Å². The number of aromatic hydroxyl groups is 4. The summed E-state index contributed by atoms with van der Waals surface area (Å²) in [5.74, 6) is -4.22. The molecule has 0 saturated heterocycles. The van der Waals surface area contributed by atoms with Gasteiger partial charge in [-0.2, -0.15) is 0 Å². The minimum absolute atomic E-state index is 0.0138. The molecule has 4 N–H and O–H groups in total. The highest BCUT2D eigenvalue weighted by Crippen LogP contribution is 2.45. The van der Waals surface area contributed by atoms with Gasteiger partial charge in [-0.1, -0.05) is 6.07 Å². The molecule has 2 aromatic rings. The lowest BCUT2D eigenvalue weighted by Gasteiger charge is -2.20. The van der Waals surface area contributed by atoms with Gasteiger partial charge in [-0.05, 0) is 24.6 Å². The first-order chi connectivity index (χ1) is 9.84. The van der Waals surface area contributed by atoms with Gasteiger partial charge in [0.05, 0.1) is 11.1 Å². The predicted molar refractivity (Wildman–Crippen MR) is 71.1 cm³/mol. The summed E-state index contributed by atoms with van der Waals surface area (Å²) in [6.07, 6.45) is 0. The molecular weight excluding hydrogens is 276 g/mol. The van der Waals surface area contributed by atoms with E-state index >= 15 is 0 Å². The zero-order valence-electron chi connectivity index (χ0n) is 10.8. The Morgan fingerprint density at radius 2 is 1.38 bits per heavy atom.